The minimum absolute atomic E-state index is 0.249. The van der Waals surface area contributed by atoms with Crippen LogP contribution in [0.15, 0.2) is 83.4 Å². The van der Waals surface area contributed by atoms with E-state index in [0.717, 1.165) is 33.1 Å². The van der Waals surface area contributed by atoms with Crippen molar-refractivity contribution in [1.82, 2.24) is 9.55 Å². The van der Waals surface area contributed by atoms with Gasteiger partial charge in [-0.05, 0) is 65.7 Å². The number of halogens is 1. The van der Waals surface area contributed by atoms with Gasteiger partial charge in [-0.25, -0.2) is 9.38 Å². The highest BCUT2D eigenvalue weighted by atomic mass is 32.1. The highest BCUT2D eigenvalue weighted by Gasteiger charge is 2.09. The van der Waals surface area contributed by atoms with Crippen molar-refractivity contribution in [3.05, 3.63) is 94.6 Å². The number of pyridine rings is 1. The molecular weight excluding hydrogens is 373 g/mol. The lowest BCUT2D eigenvalue weighted by Gasteiger charge is -2.09. The Labute approximate surface area is 166 Å². The standard InChI is InChI=1S/C22H18FN3OS/c1-27-20-10-8-19(9-11-20)25-22-26(14-16-3-2-12-24-13-16)21(15-28-22)17-4-6-18(23)7-5-17/h2-13,15H,14H2,1H3. The van der Waals surface area contributed by atoms with Gasteiger partial charge < -0.3 is 9.30 Å². The van der Waals surface area contributed by atoms with Crippen LogP contribution in [0.3, 0.4) is 0 Å². The quantitative estimate of drug-likeness (QED) is 0.478. The lowest BCUT2D eigenvalue weighted by molar-refractivity contribution is 0.415. The molecule has 0 saturated carbocycles. The van der Waals surface area contributed by atoms with E-state index in [-0.39, 0.29) is 5.82 Å². The third-order valence-electron chi connectivity index (χ3n) is 4.30. The molecule has 4 nitrogen and oxygen atoms in total. The molecule has 4 aromatic rings. The molecule has 2 aromatic carbocycles. The Morgan fingerprint density at radius 2 is 1.86 bits per heavy atom. The summed E-state index contributed by atoms with van der Waals surface area (Å²) in [5, 5.41) is 2.05. The Bertz CT molecular complexity index is 1120. The van der Waals surface area contributed by atoms with E-state index >= 15 is 0 Å². The van der Waals surface area contributed by atoms with E-state index < -0.39 is 0 Å². The molecule has 140 valence electrons. The predicted molar refractivity (Wildman–Crippen MR) is 109 cm³/mol. The first kappa shape index (κ1) is 18.1. The van der Waals surface area contributed by atoms with Crippen molar-refractivity contribution in [2.24, 2.45) is 4.99 Å². The number of methoxy groups -OCH3 is 1. The van der Waals surface area contributed by atoms with E-state index in [1.54, 1.807) is 36.8 Å². The van der Waals surface area contributed by atoms with Crippen LogP contribution >= 0.6 is 11.3 Å². The minimum Gasteiger partial charge on any atom is -0.497 e. The molecule has 0 saturated heterocycles. The molecule has 4 rings (SSSR count). The van der Waals surface area contributed by atoms with Gasteiger partial charge in [-0.2, -0.15) is 0 Å². The molecule has 0 bridgehead atoms. The van der Waals surface area contributed by atoms with Crippen molar-refractivity contribution in [1.29, 1.82) is 0 Å². The number of aromatic nitrogens is 2. The Hall–Kier alpha value is -3.25. The van der Waals surface area contributed by atoms with Gasteiger partial charge in [0.2, 0.25) is 0 Å². The number of ether oxygens (including phenoxy) is 1. The molecule has 0 aliphatic rings. The summed E-state index contributed by atoms with van der Waals surface area (Å²) in [6.45, 7) is 0.624. The van der Waals surface area contributed by atoms with Crippen molar-refractivity contribution in [3.8, 4) is 17.0 Å². The maximum absolute atomic E-state index is 13.4. The predicted octanol–water partition coefficient (Wildman–Crippen LogP) is 5.04. The summed E-state index contributed by atoms with van der Waals surface area (Å²) in [5.74, 6) is 0.543. The first-order valence-electron chi connectivity index (χ1n) is 8.75. The topological polar surface area (TPSA) is 39.4 Å². The highest BCUT2D eigenvalue weighted by Crippen LogP contribution is 2.23. The van der Waals surface area contributed by atoms with E-state index in [1.165, 1.54) is 12.1 Å². The first-order valence-corrected chi connectivity index (χ1v) is 9.63. The molecule has 0 amide bonds. The molecule has 2 heterocycles. The fourth-order valence-electron chi connectivity index (χ4n) is 2.86. The Kier molecular flexibility index (Phi) is 5.30. The number of nitrogens with zero attached hydrogens (tertiary/aromatic N) is 3. The summed E-state index contributed by atoms with van der Waals surface area (Å²) in [4.78, 5) is 9.87. The zero-order valence-corrected chi connectivity index (χ0v) is 16.1. The fourth-order valence-corrected chi connectivity index (χ4v) is 3.79. The molecule has 6 heteroatoms. The third kappa shape index (κ3) is 4.02. The molecule has 0 unspecified atom stereocenters. The van der Waals surface area contributed by atoms with Gasteiger partial charge in [0.05, 0.1) is 25.0 Å². The average molecular weight is 391 g/mol. The Morgan fingerprint density at radius 3 is 2.54 bits per heavy atom. The maximum Gasteiger partial charge on any atom is 0.190 e. The smallest absolute Gasteiger partial charge is 0.190 e. The molecule has 0 N–H and O–H groups in total. The van der Waals surface area contributed by atoms with Crippen LogP contribution in [-0.2, 0) is 6.54 Å². The van der Waals surface area contributed by atoms with Crippen LogP contribution in [0.4, 0.5) is 10.1 Å². The molecular formula is C22H18FN3OS. The van der Waals surface area contributed by atoms with Crippen LogP contribution in [-0.4, -0.2) is 16.7 Å². The monoisotopic (exact) mass is 391 g/mol. The van der Waals surface area contributed by atoms with Crippen molar-refractivity contribution < 1.29 is 9.13 Å². The molecule has 0 aliphatic carbocycles. The zero-order valence-electron chi connectivity index (χ0n) is 15.2. The van der Waals surface area contributed by atoms with Gasteiger partial charge in [-0.15, -0.1) is 11.3 Å². The summed E-state index contributed by atoms with van der Waals surface area (Å²) in [6, 6.07) is 18.1. The number of hydrogen-bond acceptors (Lipinski definition) is 4. The Morgan fingerprint density at radius 1 is 1.07 bits per heavy atom. The summed E-state index contributed by atoms with van der Waals surface area (Å²) in [7, 11) is 1.64. The average Bonchev–Trinajstić information content (AvgIpc) is 3.12. The van der Waals surface area contributed by atoms with E-state index in [0.29, 0.717) is 6.54 Å². The van der Waals surface area contributed by atoms with Crippen LogP contribution in [0.1, 0.15) is 5.56 Å². The van der Waals surface area contributed by atoms with Crippen molar-refractivity contribution in [3.63, 3.8) is 0 Å². The minimum atomic E-state index is -0.249. The summed E-state index contributed by atoms with van der Waals surface area (Å²) >= 11 is 1.55. The normalized spacial score (nSPS) is 11.6. The number of hydrogen-bond donors (Lipinski definition) is 0. The summed E-state index contributed by atoms with van der Waals surface area (Å²) in [5.41, 5.74) is 3.84. The number of thiazole rings is 1. The van der Waals surface area contributed by atoms with Gasteiger partial charge in [0.25, 0.3) is 0 Å². The molecule has 0 spiro atoms. The van der Waals surface area contributed by atoms with Crippen molar-refractivity contribution >= 4 is 17.0 Å². The van der Waals surface area contributed by atoms with Crippen molar-refractivity contribution in [2.75, 3.05) is 7.11 Å². The van der Waals surface area contributed by atoms with Crippen LogP contribution in [0.2, 0.25) is 0 Å². The SMILES string of the molecule is COc1ccc(N=c2scc(-c3ccc(F)cc3)n2Cc2cccnc2)cc1. The lowest BCUT2D eigenvalue weighted by atomic mass is 10.1. The van der Waals surface area contributed by atoms with Crippen LogP contribution in [0.25, 0.3) is 11.3 Å². The van der Waals surface area contributed by atoms with Crippen LogP contribution in [0.5, 0.6) is 5.75 Å². The van der Waals surface area contributed by atoms with Crippen LogP contribution in [0, 0.1) is 5.82 Å². The number of rotatable bonds is 5. The largest absolute Gasteiger partial charge is 0.497 e. The van der Waals surface area contributed by atoms with Gasteiger partial charge in [0, 0.05) is 17.8 Å². The van der Waals surface area contributed by atoms with Gasteiger partial charge in [-0.3, -0.25) is 4.98 Å². The first-order chi connectivity index (χ1) is 13.7. The third-order valence-corrected chi connectivity index (χ3v) is 5.16. The molecule has 0 fully saturated rings. The lowest BCUT2D eigenvalue weighted by Crippen LogP contribution is -2.16. The van der Waals surface area contributed by atoms with E-state index in [9.17, 15) is 4.39 Å². The second-order valence-corrected chi connectivity index (χ2v) is 7.00. The summed E-state index contributed by atoms with van der Waals surface area (Å²) < 4.78 is 20.7. The molecule has 28 heavy (non-hydrogen) atoms. The summed E-state index contributed by atoms with van der Waals surface area (Å²) in [6.07, 6.45) is 3.60. The second-order valence-electron chi connectivity index (χ2n) is 6.17. The van der Waals surface area contributed by atoms with E-state index in [1.807, 2.05) is 48.0 Å². The Balaban J connectivity index is 1.81. The molecule has 0 radical (unpaired) electrons. The zero-order chi connectivity index (χ0) is 19.3. The maximum atomic E-state index is 13.4. The van der Waals surface area contributed by atoms with Gasteiger partial charge in [0.15, 0.2) is 4.80 Å². The van der Waals surface area contributed by atoms with E-state index in [4.69, 9.17) is 9.73 Å². The molecule has 0 atom stereocenters. The second kappa shape index (κ2) is 8.19. The molecule has 2 aromatic heterocycles. The highest BCUT2D eigenvalue weighted by molar-refractivity contribution is 7.07. The number of benzene rings is 2. The van der Waals surface area contributed by atoms with E-state index in [2.05, 4.69) is 9.55 Å². The molecule has 0 aliphatic heterocycles. The van der Waals surface area contributed by atoms with Gasteiger partial charge in [-0.1, -0.05) is 6.07 Å². The van der Waals surface area contributed by atoms with Crippen LogP contribution < -0.4 is 9.54 Å². The van der Waals surface area contributed by atoms with Crippen molar-refractivity contribution in [2.45, 2.75) is 6.54 Å². The van der Waals surface area contributed by atoms with Gasteiger partial charge >= 0.3 is 0 Å². The fraction of sp³-hybridized carbons (Fsp3) is 0.0909. The van der Waals surface area contributed by atoms with Gasteiger partial charge in [0.1, 0.15) is 11.6 Å².